The molecular weight excluding hydrogens is 416 g/mol. The number of methoxy groups -OCH3 is 1. The van der Waals surface area contributed by atoms with Gasteiger partial charge in [-0.05, 0) is 74.7 Å². The number of sulfonamides is 1. The molecule has 0 unspecified atom stereocenters. The van der Waals surface area contributed by atoms with Crippen LogP contribution in [0.5, 0.6) is 11.5 Å². The zero-order valence-electron chi connectivity index (χ0n) is 19.0. The molecule has 2 rings (SSSR count). The summed E-state index contributed by atoms with van der Waals surface area (Å²) in [6.45, 7) is 7.50. The number of aryl methyl sites for hydroxylation is 1. The van der Waals surface area contributed by atoms with Gasteiger partial charge in [0.05, 0.1) is 18.1 Å². The van der Waals surface area contributed by atoms with E-state index in [-0.39, 0.29) is 16.9 Å². The van der Waals surface area contributed by atoms with Crippen molar-refractivity contribution in [3.05, 3.63) is 53.1 Å². The number of anilines is 1. The minimum absolute atomic E-state index is 0.0137. The summed E-state index contributed by atoms with van der Waals surface area (Å²) in [5.74, 6) is 0.830. The molecule has 1 amide bonds. The predicted octanol–water partition coefficient (Wildman–Crippen LogP) is 4.00. The molecule has 0 aromatic heterocycles. The van der Waals surface area contributed by atoms with Crippen molar-refractivity contribution in [2.24, 2.45) is 0 Å². The monoisotopic (exact) mass is 446 g/mol. The minimum Gasteiger partial charge on any atom is -0.493 e. The van der Waals surface area contributed by atoms with E-state index < -0.39 is 10.0 Å². The summed E-state index contributed by atoms with van der Waals surface area (Å²) in [5, 5.41) is 2.77. The highest BCUT2D eigenvalue weighted by Gasteiger charge is 2.20. The molecule has 2 aromatic carbocycles. The molecule has 7 nitrogen and oxygen atoms in total. The molecule has 31 heavy (non-hydrogen) atoms. The number of carbonyl (C=O) groups is 1. The lowest BCUT2D eigenvalue weighted by atomic mass is 10.1. The lowest BCUT2D eigenvalue weighted by molar-refractivity contribution is -0.111. The number of ether oxygens (including phenoxy) is 2. The van der Waals surface area contributed by atoms with E-state index in [9.17, 15) is 13.2 Å². The molecule has 0 bridgehead atoms. The van der Waals surface area contributed by atoms with Gasteiger partial charge in [0.2, 0.25) is 15.9 Å². The van der Waals surface area contributed by atoms with E-state index in [1.807, 2.05) is 33.8 Å². The normalized spacial score (nSPS) is 11.9. The Morgan fingerprint density at radius 1 is 1.10 bits per heavy atom. The van der Waals surface area contributed by atoms with Crippen LogP contribution in [0.3, 0.4) is 0 Å². The second-order valence-corrected chi connectivity index (χ2v) is 9.75. The second-order valence-electron chi connectivity index (χ2n) is 7.60. The van der Waals surface area contributed by atoms with Crippen molar-refractivity contribution in [3.8, 4) is 11.5 Å². The summed E-state index contributed by atoms with van der Waals surface area (Å²) in [4.78, 5) is 12.6. The van der Waals surface area contributed by atoms with Gasteiger partial charge >= 0.3 is 0 Å². The van der Waals surface area contributed by atoms with Crippen molar-refractivity contribution in [3.63, 3.8) is 0 Å². The fourth-order valence-corrected chi connectivity index (χ4v) is 3.82. The maximum atomic E-state index is 12.5. The number of rotatable bonds is 8. The van der Waals surface area contributed by atoms with E-state index in [4.69, 9.17) is 9.47 Å². The Labute approximate surface area is 184 Å². The first-order chi connectivity index (χ1) is 14.4. The van der Waals surface area contributed by atoms with Gasteiger partial charge in [0, 0.05) is 25.9 Å². The lowest BCUT2D eigenvalue weighted by Crippen LogP contribution is -2.22. The maximum absolute atomic E-state index is 12.5. The summed E-state index contributed by atoms with van der Waals surface area (Å²) in [6.07, 6.45) is 3.05. The van der Waals surface area contributed by atoms with Crippen LogP contribution in [-0.2, 0) is 14.8 Å². The number of carbonyl (C=O) groups excluding carboxylic acids is 1. The minimum atomic E-state index is -3.61. The van der Waals surface area contributed by atoms with Crippen LogP contribution in [0, 0.1) is 13.8 Å². The Morgan fingerprint density at radius 3 is 2.35 bits per heavy atom. The summed E-state index contributed by atoms with van der Waals surface area (Å²) in [6, 6.07) is 8.47. The van der Waals surface area contributed by atoms with Crippen LogP contribution in [0.1, 0.15) is 30.5 Å². The molecule has 0 fully saturated rings. The van der Waals surface area contributed by atoms with Crippen LogP contribution in [-0.4, -0.2) is 45.9 Å². The molecule has 0 heterocycles. The van der Waals surface area contributed by atoms with Crippen molar-refractivity contribution >= 4 is 27.7 Å². The van der Waals surface area contributed by atoms with Gasteiger partial charge in [-0.2, -0.15) is 0 Å². The van der Waals surface area contributed by atoms with Gasteiger partial charge in [0.1, 0.15) is 0 Å². The summed E-state index contributed by atoms with van der Waals surface area (Å²) in [7, 11) is 0.885. The molecule has 0 aliphatic rings. The Morgan fingerprint density at radius 2 is 1.77 bits per heavy atom. The Bertz CT molecular complexity index is 1090. The van der Waals surface area contributed by atoms with Crippen LogP contribution in [0.25, 0.3) is 6.08 Å². The lowest BCUT2D eigenvalue weighted by Gasteiger charge is -2.16. The summed E-state index contributed by atoms with van der Waals surface area (Å²) >= 11 is 0. The molecule has 0 radical (unpaired) electrons. The van der Waals surface area contributed by atoms with Crippen LogP contribution in [0.2, 0.25) is 0 Å². The fraction of sp³-hybridized carbons (Fsp3) is 0.348. The van der Waals surface area contributed by atoms with Gasteiger partial charge in [-0.25, -0.2) is 12.7 Å². The molecule has 168 valence electrons. The number of benzene rings is 2. The Hall–Kier alpha value is -2.84. The first-order valence-electron chi connectivity index (χ1n) is 9.83. The third-order valence-electron chi connectivity index (χ3n) is 4.65. The van der Waals surface area contributed by atoms with Gasteiger partial charge in [0.25, 0.3) is 0 Å². The smallest absolute Gasteiger partial charge is 0.248 e. The van der Waals surface area contributed by atoms with Crippen molar-refractivity contribution in [1.29, 1.82) is 0 Å². The van der Waals surface area contributed by atoms with Crippen molar-refractivity contribution < 1.29 is 22.7 Å². The maximum Gasteiger partial charge on any atom is 0.248 e. The van der Waals surface area contributed by atoms with Crippen LogP contribution < -0.4 is 14.8 Å². The summed E-state index contributed by atoms with van der Waals surface area (Å²) in [5.41, 5.74) is 2.79. The molecule has 0 aliphatic heterocycles. The predicted molar refractivity (Wildman–Crippen MR) is 123 cm³/mol. The molecule has 0 spiro atoms. The van der Waals surface area contributed by atoms with Gasteiger partial charge < -0.3 is 14.8 Å². The molecule has 0 aliphatic carbocycles. The molecule has 2 aromatic rings. The van der Waals surface area contributed by atoms with Crippen molar-refractivity contribution in [1.82, 2.24) is 4.31 Å². The average molecular weight is 447 g/mol. The van der Waals surface area contributed by atoms with E-state index in [2.05, 4.69) is 5.32 Å². The summed E-state index contributed by atoms with van der Waals surface area (Å²) < 4.78 is 37.2. The fourth-order valence-electron chi connectivity index (χ4n) is 2.80. The molecule has 8 heteroatoms. The van der Waals surface area contributed by atoms with Crippen molar-refractivity contribution in [2.45, 2.75) is 38.7 Å². The number of hydrogen-bond acceptors (Lipinski definition) is 5. The van der Waals surface area contributed by atoms with E-state index in [0.717, 1.165) is 21.0 Å². The number of hydrogen-bond donors (Lipinski definition) is 1. The molecule has 0 atom stereocenters. The van der Waals surface area contributed by atoms with Crippen LogP contribution in [0.4, 0.5) is 5.69 Å². The third-order valence-corrected chi connectivity index (χ3v) is 6.45. The van der Waals surface area contributed by atoms with Gasteiger partial charge in [-0.1, -0.05) is 6.07 Å². The molecule has 0 saturated carbocycles. The molecule has 1 N–H and O–H groups in total. The molecule has 0 saturated heterocycles. The first kappa shape index (κ1) is 24.4. The quantitative estimate of drug-likeness (QED) is 0.620. The number of amides is 1. The van der Waals surface area contributed by atoms with Crippen molar-refractivity contribution in [2.75, 3.05) is 26.5 Å². The van der Waals surface area contributed by atoms with Gasteiger partial charge in [-0.3, -0.25) is 4.79 Å². The largest absolute Gasteiger partial charge is 0.493 e. The van der Waals surface area contributed by atoms with Gasteiger partial charge in [-0.15, -0.1) is 0 Å². The standard InChI is InChI=1S/C23H30N2O5S/c1-15(2)30-21-10-8-18(13-22(21)29-7)9-11-23(26)24-20-14-19(12-16(3)17(20)4)31(27,28)25(5)6/h8-15H,1-7H3,(H,24,26)/b11-9+. The van der Waals surface area contributed by atoms with E-state index in [1.54, 1.807) is 31.4 Å². The topological polar surface area (TPSA) is 84.9 Å². The highest BCUT2D eigenvalue weighted by molar-refractivity contribution is 7.89. The number of nitrogens with zero attached hydrogens (tertiary/aromatic N) is 1. The second kappa shape index (κ2) is 9.98. The van der Waals surface area contributed by atoms with Crippen LogP contribution in [0.15, 0.2) is 41.3 Å². The third kappa shape index (κ3) is 6.08. The first-order valence-corrected chi connectivity index (χ1v) is 11.3. The van der Waals surface area contributed by atoms with E-state index in [1.165, 1.54) is 26.2 Å². The van der Waals surface area contributed by atoms with E-state index in [0.29, 0.717) is 17.2 Å². The highest BCUT2D eigenvalue weighted by Crippen LogP contribution is 2.29. The SMILES string of the molecule is COc1cc(/C=C/C(=O)Nc2cc(S(=O)(=O)N(C)C)cc(C)c2C)ccc1OC(C)C. The zero-order valence-corrected chi connectivity index (χ0v) is 19.8. The van der Waals surface area contributed by atoms with Gasteiger partial charge in [0.15, 0.2) is 11.5 Å². The average Bonchev–Trinajstić information content (AvgIpc) is 2.69. The molecular formula is C23H30N2O5S. The number of nitrogens with one attached hydrogen (secondary N) is 1. The van der Waals surface area contributed by atoms with E-state index >= 15 is 0 Å². The highest BCUT2D eigenvalue weighted by atomic mass is 32.2. The van der Waals surface area contributed by atoms with Crippen LogP contribution >= 0.6 is 0 Å². The Kier molecular flexibility index (Phi) is 7.86. The zero-order chi connectivity index (χ0) is 23.3. The Balaban J connectivity index is 2.25.